The molecule has 46 valence electrons. The maximum Gasteiger partial charge on any atom is 0.228 e. The van der Waals surface area contributed by atoms with Crippen LogP contribution in [-0.4, -0.2) is 5.16 Å². The van der Waals surface area contributed by atoms with Crippen LogP contribution in [0.4, 0.5) is 0 Å². The van der Waals surface area contributed by atoms with Gasteiger partial charge < -0.3 is 4.52 Å². The molecule has 1 heterocycles. The lowest BCUT2D eigenvalue weighted by Crippen LogP contribution is -1.67. The van der Waals surface area contributed by atoms with Gasteiger partial charge in [-0.15, -0.1) is 6.42 Å². The summed E-state index contributed by atoms with van der Waals surface area (Å²) in [7, 11) is 0. The zero-order valence-electron chi connectivity index (χ0n) is 4.81. The molecule has 9 heavy (non-hydrogen) atoms. The number of aromatic nitrogens is 1. The lowest BCUT2D eigenvalue weighted by atomic mass is 10.4. The smallest absolute Gasteiger partial charge is 0.228 e. The standard InChI is InChI=1S/C6H4ClNO/c1-3-5-6(7)4(2)8-9-5/h1H,2H3. The zero-order valence-corrected chi connectivity index (χ0v) is 5.57. The van der Waals surface area contributed by atoms with Crippen LogP contribution in [0.3, 0.4) is 0 Å². The number of aryl methyl sites for hydroxylation is 1. The molecule has 0 unspecified atom stereocenters. The Morgan fingerprint density at radius 1 is 1.78 bits per heavy atom. The van der Waals surface area contributed by atoms with Gasteiger partial charge in [-0.1, -0.05) is 16.8 Å². The Balaban J connectivity index is 3.24. The van der Waals surface area contributed by atoms with Crippen LogP contribution in [0.1, 0.15) is 11.5 Å². The molecule has 0 bridgehead atoms. The molecule has 0 spiro atoms. The van der Waals surface area contributed by atoms with E-state index < -0.39 is 0 Å². The third kappa shape index (κ3) is 0.914. The first-order valence-corrected chi connectivity index (χ1v) is 2.72. The van der Waals surface area contributed by atoms with Crippen molar-refractivity contribution in [2.24, 2.45) is 0 Å². The van der Waals surface area contributed by atoms with Crippen LogP contribution in [0.5, 0.6) is 0 Å². The Morgan fingerprint density at radius 3 is 2.67 bits per heavy atom. The first-order valence-electron chi connectivity index (χ1n) is 2.34. The van der Waals surface area contributed by atoms with Crippen LogP contribution in [0.15, 0.2) is 4.52 Å². The van der Waals surface area contributed by atoms with Gasteiger partial charge in [0.1, 0.15) is 10.7 Å². The van der Waals surface area contributed by atoms with Gasteiger partial charge in [0.15, 0.2) is 0 Å². The van der Waals surface area contributed by atoms with E-state index >= 15 is 0 Å². The van der Waals surface area contributed by atoms with E-state index in [1.807, 2.05) is 0 Å². The third-order valence-corrected chi connectivity index (χ3v) is 1.37. The van der Waals surface area contributed by atoms with E-state index in [1.165, 1.54) is 0 Å². The number of nitrogens with zero attached hydrogens (tertiary/aromatic N) is 1. The monoisotopic (exact) mass is 141 g/mol. The molecular formula is C6H4ClNO. The Hall–Kier alpha value is -0.940. The van der Waals surface area contributed by atoms with Crippen LogP contribution < -0.4 is 0 Å². The van der Waals surface area contributed by atoms with Gasteiger partial charge in [0, 0.05) is 0 Å². The van der Waals surface area contributed by atoms with Crippen molar-refractivity contribution in [3.63, 3.8) is 0 Å². The largest absolute Gasteiger partial charge is 0.346 e. The summed E-state index contributed by atoms with van der Waals surface area (Å²) in [5, 5.41) is 3.97. The summed E-state index contributed by atoms with van der Waals surface area (Å²) >= 11 is 5.61. The van der Waals surface area contributed by atoms with Gasteiger partial charge in [-0.05, 0) is 12.8 Å². The normalized spacial score (nSPS) is 9.00. The van der Waals surface area contributed by atoms with Crippen LogP contribution in [0.2, 0.25) is 5.02 Å². The van der Waals surface area contributed by atoms with Gasteiger partial charge in [0.05, 0.1) is 0 Å². The maximum atomic E-state index is 5.61. The molecule has 1 aromatic heterocycles. The topological polar surface area (TPSA) is 26.0 Å². The van der Waals surface area contributed by atoms with Gasteiger partial charge >= 0.3 is 0 Å². The highest BCUT2D eigenvalue weighted by Gasteiger charge is 2.05. The molecule has 0 fully saturated rings. The second-order valence-electron chi connectivity index (χ2n) is 1.56. The summed E-state index contributed by atoms with van der Waals surface area (Å²) in [5.41, 5.74) is 0.629. The first-order chi connectivity index (χ1) is 4.25. The highest BCUT2D eigenvalue weighted by molar-refractivity contribution is 6.32. The molecule has 0 atom stereocenters. The lowest BCUT2D eigenvalue weighted by molar-refractivity contribution is 0.406. The van der Waals surface area contributed by atoms with E-state index in [0.717, 1.165) is 0 Å². The molecule has 0 radical (unpaired) electrons. The fourth-order valence-electron chi connectivity index (χ4n) is 0.448. The van der Waals surface area contributed by atoms with Crippen molar-refractivity contribution in [1.29, 1.82) is 0 Å². The van der Waals surface area contributed by atoms with Crippen molar-refractivity contribution in [3.8, 4) is 12.3 Å². The van der Waals surface area contributed by atoms with E-state index in [1.54, 1.807) is 6.92 Å². The number of rotatable bonds is 0. The molecule has 3 heteroatoms. The lowest BCUT2D eigenvalue weighted by Gasteiger charge is -1.76. The SMILES string of the molecule is C#Cc1onc(C)c1Cl. The molecule has 0 aromatic carbocycles. The van der Waals surface area contributed by atoms with Crippen molar-refractivity contribution in [3.05, 3.63) is 16.5 Å². The molecule has 2 nitrogen and oxygen atoms in total. The zero-order chi connectivity index (χ0) is 6.85. The fraction of sp³-hybridized carbons (Fsp3) is 0.167. The Kier molecular flexibility index (Phi) is 1.46. The predicted molar refractivity (Wildman–Crippen MR) is 34.2 cm³/mol. The summed E-state index contributed by atoms with van der Waals surface area (Å²) in [6.07, 6.45) is 5.00. The number of hydrogen-bond acceptors (Lipinski definition) is 2. The van der Waals surface area contributed by atoms with E-state index in [9.17, 15) is 0 Å². The van der Waals surface area contributed by atoms with Crippen molar-refractivity contribution < 1.29 is 4.52 Å². The number of halogens is 1. The van der Waals surface area contributed by atoms with Crippen molar-refractivity contribution in [2.45, 2.75) is 6.92 Å². The molecular weight excluding hydrogens is 138 g/mol. The van der Waals surface area contributed by atoms with E-state index in [4.69, 9.17) is 18.0 Å². The summed E-state index contributed by atoms with van der Waals surface area (Å²) < 4.78 is 4.63. The average molecular weight is 142 g/mol. The van der Waals surface area contributed by atoms with Gasteiger partial charge in [-0.3, -0.25) is 0 Å². The van der Waals surface area contributed by atoms with Crippen molar-refractivity contribution in [1.82, 2.24) is 5.16 Å². The highest BCUT2D eigenvalue weighted by atomic mass is 35.5. The molecule has 0 aliphatic carbocycles. The Bertz CT molecular complexity index is 259. The molecule has 1 aromatic rings. The van der Waals surface area contributed by atoms with E-state index in [2.05, 4.69) is 15.6 Å². The maximum absolute atomic E-state index is 5.61. The average Bonchev–Trinajstić information content (AvgIpc) is 2.15. The van der Waals surface area contributed by atoms with Crippen molar-refractivity contribution in [2.75, 3.05) is 0 Å². The first kappa shape index (κ1) is 6.18. The van der Waals surface area contributed by atoms with Crippen LogP contribution in [0.25, 0.3) is 0 Å². The number of hydrogen-bond donors (Lipinski definition) is 0. The molecule has 0 amide bonds. The summed E-state index contributed by atoms with van der Waals surface area (Å²) in [5.74, 6) is 2.56. The predicted octanol–water partition coefficient (Wildman–Crippen LogP) is 1.62. The van der Waals surface area contributed by atoms with Gasteiger partial charge in [-0.2, -0.15) is 0 Å². The van der Waals surface area contributed by atoms with Gasteiger partial charge in [0.2, 0.25) is 5.76 Å². The minimum Gasteiger partial charge on any atom is -0.346 e. The van der Waals surface area contributed by atoms with E-state index in [0.29, 0.717) is 16.5 Å². The molecule has 0 aliphatic rings. The number of terminal acetylenes is 1. The quantitative estimate of drug-likeness (QED) is 0.513. The molecule has 0 N–H and O–H groups in total. The van der Waals surface area contributed by atoms with Crippen LogP contribution in [-0.2, 0) is 0 Å². The van der Waals surface area contributed by atoms with Crippen molar-refractivity contribution >= 4 is 11.6 Å². The minimum absolute atomic E-state index is 0.300. The summed E-state index contributed by atoms with van der Waals surface area (Å²) in [4.78, 5) is 0. The Morgan fingerprint density at radius 2 is 2.44 bits per heavy atom. The highest BCUT2D eigenvalue weighted by Crippen LogP contribution is 2.17. The minimum atomic E-state index is 0.300. The molecule has 0 saturated heterocycles. The summed E-state index contributed by atoms with van der Waals surface area (Å²) in [6, 6.07) is 0. The van der Waals surface area contributed by atoms with E-state index in [-0.39, 0.29) is 0 Å². The third-order valence-electron chi connectivity index (χ3n) is 0.922. The van der Waals surface area contributed by atoms with Gasteiger partial charge in [0.25, 0.3) is 0 Å². The Labute approximate surface area is 57.8 Å². The molecule has 0 aliphatic heterocycles. The van der Waals surface area contributed by atoms with Gasteiger partial charge in [-0.25, -0.2) is 0 Å². The molecule has 1 rings (SSSR count). The second-order valence-corrected chi connectivity index (χ2v) is 1.93. The fourth-order valence-corrected chi connectivity index (χ4v) is 0.572. The summed E-state index contributed by atoms with van der Waals surface area (Å²) in [6.45, 7) is 1.73. The van der Waals surface area contributed by atoms with Crippen LogP contribution >= 0.6 is 11.6 Å². The van der Waals surface area contributed by atoms with Crippen LogP contribution in [0, 0.1) is 19.3 Å². The molecule has 0 saturated carbocycles. The second kappa shape index (κ2) is 2.12.